The van der Waals surface area contributed by atoms with Crippen LogP contribution in [-0.2, 0) is 0 Å². The minimum Gasteiger partial charge on any atom is -0.456 e. The second-order valence-corrected chi connectivity index (χ2v) is 15.3. The molecule has 0 aliphatic heterocycles. The normalized spacial score (nSPS) is 12.2. The fourth-order valence-electron chi connectivity index (χ4n) is 9.75. The zero-order valence-electron chi connectivity index (χ0n) is 30.8. The van der Waals surface area contributed by atoms with E-state index >= 15 is 0 Å². The minimum absolute atomic E-state index is 0.890. The Kier molecular flexibility index (Phi) is 6.16. The number of hydrogen-bond donors (Lipinski definition) is 0. The summed E-state index contributed by atoms with van der Waals surface area (Å²) in [4.78, 5) is 0. The van der Waals surface area contributed by atoms with Gasteiger partial charge in [0.1, 0.15) is 11.2 Å². The van der Waals surface area contributed by atoms with Gasteiger partial charge in [-0.05, 0) is 116 Å². The number of hydrogen-bond acceptors (Lipinski definition) is 1. The third-order valence-electron chi connectivity index (χ3n) is 12.3. The van der Waals surface area contributed by atoms with Crippen molar-refractivity contribution in [3.8, 4) is 22.5 Å². The molecular weight excluding hydrogens is 693 g/mol. The average Bonchev–Trinajstić information content (AvgIpc) is 3.93. The Morgan fingerprint density at radius 2 is 0.614 bits per heavy atom. The number of para-hydroxylation sites is 3. The van der Waals surface area contributed by atoms with Gasteiger partial charge in [0.05, 0.1) is 22.1 Å². The van der Waals surface area contributed by atoms with E-state index in [-0.39, 0.29) is 0 Å². The van der Waals surface area contributed by atoms with Gasteiger partial charge in [-0.1, -0.05) is 121 Å². The Bertz CT molecular complexity index is 3730. The molecule has 0 atom stereocenters. The van der Waals surface area contributed by atoms with Crippen molar-refractivity contribution >= 4 is 97.9 Å². The fraction of sp³-hybridized carbons (Fsp3) is 0. The molecule has 0 aliphatic carbocycles. The summed E-state index contributed by atoms with van der Waals surface area (Å²) < 4.78 is 11.2. The third kappa shape index (κ3) is 4.31. The van der Waals surface area contributed by atoms with Crippen LogP contribution in [0.25, 0.3) is 120 Å². The second-order valence-electron chi connectivity index (χ2n) is 15.3. The smallest absolute Gasteiger partial charge is 0.135 e. The van der Waals surface area contributed by atoms with Crippen LogP contribution in [0.5, 0.6) is 0 Å². The summed E-state index contributed by atoms with van der Waals surface area (Å²) in [5.74, 6) is 0. The molecule has 13 aromatic rings. The topological polar surface area (TPSA) is 23.0 Å². The monoisotopic (exact) mass is 724 g/mol. The molecule has 0 amide bonds. The number of nitrogens with zero attached hydrogens (tertiary/aromatic N) is 2. The lowest BCUT2D eigenvalue weighted by Gasteiger charge is -2.14. The van der Waals surface area contributed by atoms with E-state index in [0.29, 0.717) is 0 Å². The van der Waals surface area contributed by atoms with Crippen LogP contribution in [0.1, 0.15) is 0 Å². The first-order chi connectivity index (χ1) is 28.3. The molecule has 3 heterocycles. The van der Waals surface area contributed by atoms with Gasteiger partial charge in [0, 0.05) is 43.7 Å². The molecule has 0 aliphatic rings. The molecule has 10 aromatic carbocycles. The first-order valence-electron chi connectivity index (χ1n) is 19.6. The van der Waals surface area contributed by atoms with Gasteiger partial charge in [0.2, 0.25) is 0 Å². The predicted octanol–water partition coefficient (Wildman–Crippen LogP) is 14.9. The molecule has 3 nitrogen and oxygen atoms in total. The summed E-state index contributed by atoms with van der Waals surface area (Å²) in [5.41, 5.74) is 11.2. The van der Waals surface area contributed by atoms with E-state index in [0.717, 1.165) is 38.9 Å². The lowest BCUT2D eigenvalue weighted by atomic mass is 9.94. The van der Waals surface area contributed by atoms with E-state index < -0.39 is 0 Å². The molecule has 0 radical (unpaired) electrons. The molecule has 3 heteroatoms. The van der Waals surface area contributed by atoms with E-state index in [2.05, 4.69) is 203 Å². The highest BCUT2D eigenvalue weighted by atomic mass is 16.3. The van der Waals surface area contributed by atoms with Gasteiger partial charge in [0.15, 0.2) is 0 Å². The lowest BCUT2D eigenvalue weighted by Crippen LogP contribution is -1.94. The summed E-state index contributed by atoms with van der Waals surface area (Å²) in [6.07, 6.45) is 0. The minimum atomic E-state index is 0.890. The van der Waals surface area contributed by atoms with Gasteiger partial charge < -0.3 is 13.6 Å². The summed E-state index contributed by atoms with van der Waals surface area (Å²) in [6, 6.07) is 70.8. The number of furan rings is 1. The van der Waals surface area contributed by atoms with E-state index in [1.165, 1.54) is 81.5 Å². The number of aromatic nitrogens is 2. The standard InChI is InChI=1S/C54H32N2O/c1-2-13-39-37(11-1)38-12-3-4-14-40(38)45-31-35(23-25-41(39)45)56-51-20-10-7-17-44(51)46-29-33(21-26-52(46)56)34-22-27-53-47(30-34)48-32-36(24-28-54(48)57-53)55-49-18-8-5-15-42(49)43-16-6-9-19-50(43)55/h1-32H. The molecule has 264 valence electrons. The molecule has 57 heavy (non-hydrogen) atoms. The number of benzene rings is 10. The van der Waals surface area contributed by atoms with Crippen LogP contribution in [0.3, 0.4) is 0 Å². The maximum Gasteiger partial charge on any atom is 0.135 e. The van der Waals surface area contributed by atoms with Crippen molar-refractivity contribution in [1.82, 2.24) is 9.13 Å². The van der Waals surface area contributed by atoms with Crippen LogP contribution in [0.2, 0.25) is 0 Å². The first-order valence-corrected chi connectivity index (χ1v) is 19.6. The molecule has 3 aromatic heterocycles. The summed E-state index contributed by atoms with van der Waals surface area (Å²) in [6.45, 7) is 0. The summed E-state index contributed by atoms with van der Waals surface area (Å²) in [5, 5.41) is 14.9. The molecule has 0 saturated heterocycles. The Hall–Kier alpha value is -7.62. The summed E-state index contributed by atoms with van der Waals surface area (Å²) in [7, 11) is 0. The molecule has 0 N–H and O–H groups in total. The van der Waals surface area contributed by atoms with Crippen LogP contribution >= 0.6 is 0 Å². The van der Waals surface area contributed by atoms with Gasteiger partial charge in [-0.2, -0.15) is 0 Å². The van der Waals surface area contributed by atoms with Gasteiger partial charge in [-0.25, -0.2) is 0 Å². The summed E-state index contributed by atoms with van der Waals surface area (Å²) >= 11 is 0. The first kappa shape index (κ1) is 30.7. The highest BCUT2D eigenvalue weighted by molar-refractivity contribution is 6.26. The van der Waals surface area contributed by atoms with Crippen LogP contribution in [0.4, 0.5) is 0 Å². The van der Waals surface area contributed by atoms with Crippen molar-refractivity contribution < 1.29 is 4.42 Å². The highest BCUT2D eigenvalue weighted by Gasteiger charge is 2.18. The molecule has 0 saturated carbocycles. The SMILES string of the molecule is c1ccc2c(c1)c1ccccc1c1cc(-n3c4ccccc4c4cc(-c5ccc6oc7ccc(-n8c9ccccc9c9ccccc98)cc7c6c5)ccc43)ccc21. The Morgan fingerprint density at radius 1 is 0.246 bits per heavy atom. The van der Waals surface area contributed by atoms with Crippen LogP contribution in [0, 0.1) is 0 Å². The van der Waals surface area contributed by atoms with E-state index in [1.807, 2.05) is 0 Å². The quantitative estimate of drug-likeness (QED) is 0.166. The molecule has 0 bridgehead atoms. The van der Waals surface area contributed by atoms with Crippen molar-refractivity contribution in [3.05, 3.63) is 194 Å². The maximum atomic E-state index is 6.44. The molecule has 0 fully saturated rings. The Balaban J connectivity index is 0.980. The zero-order chi connectivity index (χ0) is 37.2. The largest absolute Gasteiger partial charge is 0.456 e. The zero-order valence-corrected chi connectivity index (χ0v) is 30.8. The van der Waals surface area contributed by atoms with E-state index in [9.17, 15) is 0 Å². The van der Waals surface area contributed by atoms with Crippen molar-refractivity contribution in [3.63, 3.8) is 0 Å². The van der Waals surface area contributed by atoms with Gasteiger partial charge in [-0.3, -0.25) is 0 Å². The van der Waals surface area contributed by atoms with Crippen molar-refractivity contribution in [1.29, 1.82) is 0 Å². The van der Waals surface area contributed by atoms with E-state index in [1.54, 1.807) is 0 Å². The van der Waals surface area contributed by atoms with Crippen LogP contribution in [-0.4, -0.2) is 9.13 Å². The fourth-order valence-corrected chi connectivity index (χ4v) is 9.75. The van der Waals surface area contributed by atoms with Crippen LogP contribution < -0.4 is 0 Å². The number of rotatable bonds is 3. The molecular formula is C54H32N2O. The predicted molar refractivity (Wildman–Crippen MR) is 240 cm³/mol. The van der Waals surface area contributed by atoms with Gasteiger partial charge in [-0.15, -0.1) is 0 Å². The van der Waals surface area contributed by atoms with E-state index in [4.69, 9.17) is 4.42 Å². The highest BCUT2D eigenvalue weighted by Crippen LogP contribution is 2.41. The van der Waals surface area contributed by atoms with Gasteiger partial charge in [0.25, 0.3) is 0 Å². The maximum absolute atomic E-state index is 6.44. The average molecular weight is 725 g/mol. The lowest BCUT2D eigenvalue weighted by molar-refractivity contribution is 0.669. The molecule has 0 unspecified atom stereocenters. The third-order valence-corrected chi connectivity index (χ3v) is 12.3. The number of fused-ring (bicyclic) bond motifs is 15. The molecule has 0 spiro atoms. The van der Waals surface area contributed by atoms with Crippen molar-refractivity contribution in [2.75, 3.05) is 0 Å². The Morgan fingerprint density at radius 3 is 1.19 bits per heavy atom. The van der Waals surface area contributed by atoms with Gasteiger partial charge >= 0.3 is 0 Å². The Labute approximate surface area is 326 Å². The van der Waals surface area contributed by atoms with Crippen molar-refractivity contribution in [2.45, 2.75) is 0 Å². The van der Waals surface area contributed by atoms with Crippen molar-refractivity contribution in [2.24, 2.45) is 0 Å². The molecule has 13 rings (SSSR count). The second kappa shape index (κ2) is 11.5. The van der Waals surface area contributed by atoms with Crippen LogP contribution in [0.15, 0.2) is 199 Å².